The van der Waals surface area contributed by atoms with Gasteiger partial charge in [0.2, 0.25) is 0 Å². The number of halogens is 1. The molecule has 2 aliphatic heterocycles. The van der Waals surface area contributed by atoms with E-state index in [1.807, 2.05) is 0 Å². The van der Waals surface area contributed by atoms with Gasteiger partial charge in [0.1, 0.15) is 5.72 Å². The van der Waals surface area contributed by atoms with Crippen LogP contribution in [-0.4, -0.2) is 42.4 Å². The molecule has 0 aromatic heterocycles. The molecule has 1 N–H and O–H groups in total. The zero-order valence-electron chi connectivity index (χ0n) is 13.2. The molecule has 0 saturated carbocycles. The second-order valence-electron chi connectivity index (χ2n) is 7.26. The van der Waals surface area contributed by atoms with Crippen molar-refractivity contribution in [2.45, 2.75) is 71.7 Å². The SMILES string of the molecule is CC(C)N1CCCCC1C1(C)NCC(C)(C)CO1.Cl. The van der Waals surface area contributed by atoms with E-state index in [2.05, 4.69) is 44.8 Å². The maximum Gasteiger partial charge on any atom is 0.132 e. The first-order valence-corrected chi connectivity index (χ1v) is 7.49. The molecule has 114 valence electrons. The van der Waals surface area contributed by atoms with E-state index in [4.69, 9.17) is 4.74 Å². The summed E-state index contributed by atoms with van der Waals surface area (Å²) in [5, 5.41) is 3.68. The standard InChI is InChI=1S/C15H30N2O.ClH/c1-12(2)17-9-7-6-8-13(17)15(5)16-10-14(3,4)11-18-15;/h12-13,16H,6-11H2,1-5H3;1H. The van der Waals surface area contributed by atoms with E-state index < -0.39 is 0 Å². The van der Waals surface area contributed by atoms with Crippen LogP contribution in [0.25, 0.3) is 0 Å². The molecule has 4 heteroatoms. The van der Waals surface area contributed by atoms with E-state index in [0.717, 1.165) is 13.2 Å². The number of likely N-dealkylation sites (tertiary alicyclic amines) is 1. The van der Waals surface area contributed by atoms with Crippen LogP contribution in [0.15, 0.2) is 0 Å². The Balaban J connectivity index is 0.00000180. The molecular weight excluding hydrogens is 260 g/mol. The first kappa shape index (κ1) is 17.2. The molecular formula is C15H31ClN2O. The Morgan fingerprint density at radius 3 is 2.42 bits per heavy atom. The van der Waals surface area contributed by atoms with Gasteiger partial charge in [-0.1, -0.05) is 20.3 Å². The highest BCUT2D eigenvalue weighted by Gasteiger charge is 2.44. The maximum atomic E-state index is 6.25. The van der Waals surface area contributed by atoms with Gasteiger partial charge in [0, 0.05) is 18.0 Å². The number of ether oxygens (including phenoxy) is 1. The Hall–Kier alpha value is 0.170. The minimum Gasteiger partial charge on any atom is -0.359 e. The fraction of sp³-hybridized carbons (Fsp3) is 1.00. The fourth-order valence-corrected chi connectivity index (χ4v) is 3.24. The van der Waals surface area contributed by atoms with Crippen LogP contribution in [0.5, 0.6) is 0 Å². The summed E-state index contributed by atoms with van der Waals surface area (Å²) < 4.78 is 6.25. The molecule has 0 aromatic carbocycles. The highest BCUT2D eigenvalue weighted by atomic mass is 35.5. The molecule has 3 nitrogen and oxygen atoms in total. The van der Waals surface area contributed by atoms with Crippen molar-refractivity contribution in [3.63, 3.8) is 0 Å². The molecule has 2 heterocycles. The predicted octanol–water partition coefficient (Wildman–Crippen LogP) is 3.03. The number of nitrogens with zero attached hydrogens (tertiary/aromatic N) is 1. The van der Waals surface area contributed by atoms with Crippen LogP contribution in [0.4, 0.5) is 0 Å². The van der Waals surface area contributed by atoms with Crippen molar-refractivity contribution in [2.75, 3.05) is 19.7 Å². The lowest BCUT2D eigenvalue weighted by Gasteiger charge is -2.52. The third-order valence-corrected chi connectivity index (χ3v) is 4.52. The zero-order chi connectivity index (χ0) is 13.4. The van der Waals surface area contributed by atoms with E-state index >= 15 is 0 Å². The van der Waals surface area contributed by atoms with Crippen molar-refractivity contribution in [2.24, 2.45) is 5.41 Å². The molecule has 19 heavy (non-hydrogen) atoms. The molecule has 2 atom stereocenters. The number of rotatable bonds is 2. The van der Waals surface area contributed by atoms with Crippen molar-refractivity contribution in [3.05, 3.63) is 0 Å². The van der Waals surface area contributed by atoms with E-state index in [1.165, 1.54) is 25.8 Å². The molecule has 2 saturated heterocycles. The summed E-state index contributed by atoms with van der Waals surface area (Å²) >= 11 is 0. The third kappa shape index (κ3) is 3.84. The lowest BCUT2D eigenvalue weighted by molar-refractivity contribution is -0.174. The van der Waals surface area contributed by atoms with Crippen LogP contribution in [0.1, 0.15) is 53.9 Å². The predicted molar refractivity (Wildman–Crippen MR) is 82.9 cm³/mol. The zero-order valence-corrected chi connectivity index (χ0v) is 14.0. The molecule has 0 aliphatic carbocycles. The molecule has 0 amide bonds. The van der Waals surface area contributed by atoms with E-state index in [0.29, 0.717) is 12.1 Å². The number of hydrogen-bond donors (Lipinski definition) is 1. The lowest BCUT2D eigenvalue weighted by Crippen LogP contribution is -2.67. The fourth-order valence-electron chi connectivity index (χ4n) is 3.24. The highest BCUT2D eigenvalue weighted by Crippen LogP contribution is 2.33. The van der Waals surface area contributed by atoms with Gasteiger partial charge in [-0.15, -0.1) is 12.4 Å². The monoisotopic (exact) mass is 290 g/mol. The van der Waals surface area contributed by atoms with Gasteiger partial charge in [-0.2, -0.15) is 0 Å². The van der Waals surface area contributed by atoms with Gasteiger partial charge in [0.25, 0.3) is 0 Å². The van der Waals surface area contributed by atoms with Crippen molar-refractivity contribution in [1.29, 1.82) is 0 Å². The van der Waals surface area contributed by atoms with Crippen molar-refractivity contribution in [3.8, 4) is 0 Å². The largest absolute Gasteiger partial charge is 0.359 e. The quantitative estimate of drug-likeness (QED) is 0.846. The van der Waals surface area contributed by atoms with Crippen molar-refractivity contribution < 1.29 is 4.74 Å². The Morgan fingerprint density at radius 2 is 1.89 bits per heavy atom. The summed E-state index contributed by atoms with van der Waals surface area (Å²) in [6.45, 7) is 14.5. The minimum atomic E-state index is -0.166. The first-order chi connectivity index (χ1) is 8.34. The Kier molecular flexibility index (Phi) is 5.71. The summed E-state index contributed by atoms with van der Waals surface area (Å²) in [6, 6.07) is 1.12. The van der Waals surface area contributed by atoms with Crippen LogP contribution in [-0.2, 0) is 4.74 Å². The number of piperidine rings is 1. The van der Waals surface area contributed by atoms with Crippen LogP contribution < -0.4 is 5.32 Å². The summed E-state index contributed by atoms with van der Waals surface area (Å²) in [4.78, 5) is 2.62. The highest BCUT2D eigenvalue weighted by molar-refractivity contribution is 5.85. The normalized spacial score (nSPS) is 36.0. The van der Waals surface area contributed by atoms with Gasteiger partial charge in [-0.25, -0.2) is 0 Å². The minimum absolute atomic E-state index is 0. The Bertz CT molecular complexity index is 284. The van der Waals surface area contributed by atoms with E-state index in [-0.39, 0.29) is 23.5 Å². The number of hydrogen-bond acceptors (Lipinski definition) is 3. The van der Waals surface area contributed by atoms with E-state index in [1.54, 1.807) is 0 Å². The topological polar surface area (TPSA) is 24.5 Å². The summed E-state index contributed by atoms with van der Waals surface area (Å²) in [6.07, 6.45) is 3.91. The average molecular weight is 291 g/mol. The molecule has 0 aromatic rings. The van der Waals surface area contributed by atoms with Crippen LogP contribution in [0.2, 0.25) is 0 Å². The van der Waals surface area contributed by atoms with Crippen LogP contribution in [0.3, 0.4) is 0 Å². The summed E-state index contributed by atoms with van der Waals surface area (Å²) in [7, 11) is 0. The Labute approximate surface area is 124 Å². The van der Waals surface area contributed by atoms with Crippen LogP contribution >= 0.6 is 12.4 Å². The van der Waals surface area contributed by atoms with Gasteiger partial charge in [-0.3, -0.25) is 10.2 Å². The molecule has 0 spiro atoms. The average Bonchev–Trinajstić information content (AvgIpc) is 2.33. The molecule has 2 aliphatic rings. The van der Waals surface area contributed by atoms with Crippen molar-refractivity contribution in [1.82, 2.24) is 10.2 Å². The van der Waals surface area contributed by atoms with Gasteiger partial charge < -0.3 is 4.74 Å². The van der Waals surface area contributed by atoms with E-state index in [9.17, 15) is 0 Å². The molecule has 2 rings (SSSR count). The smallest absolute Gasteiger partial charge is 0.132 e. The Morgan fingerprint density at radius 1 is 1.21 bits per heavy atom. The second kappa shape index (κ2) is 6.30. The van der Waals surface area contributed by atoms with Gasteiger partial charge in [0.05, 0.1) is 12.6 Å². The summed E-state index contributed by atoms with van der Waals surface area (Å²) in [5.74, 6) is 0. The lowest BCUT2D eigenvalue weighted by atomic mass is 9.87. The third-order valence-electron chi connectivity index (χ3n) is 4.52. The molecule has 0 radical (unpaired) electrons. The molecule has 0 bridgehead atoms. The summed E-state index contributed by atoms with van der Waals surface area (Å²) in [5.41, 5.74) is 0.0943. The second-order valence-corrected chi connectivity index (χ2v) is 7.26. The first-order valence-electron chi connectivity index (χ1n) is 7.49. The number of nitrogens with one attached hydrogen (secondary N) is 1. The maximum absolute atomic E-state index is 6.25. The van der Waals surface area contributed by atoms with Gasteiger partial charge in [0.15, 0.2) is 0 Å². The van der Waals surface area contributed by atoms with Crippen molar-refractivity contribution >= 4 is 12.4 Å². The van der Waals surface area contributed by atoms with Crippen LogP contribution in [0, 0.1) is 5.41 Å². The molecule has 2 fully saturated rings. The van der Waals surface area contributed by atoms with Gasteiger partial charge in [-0.05, 0) is 40.2 Å². The molecule has 2 unspecified atom stereocenters. The van der Waals surface area contributed by atoms with Gasteiger partial charge >= 0.3 is 0 Å².